The minimum absolute atomic E-state index is 1.88. The first-order valence-electron chi connectivity index (χ1n) is 3.53. The second kappa shape index (κ2) is 4.63. The van der Waals surface area contributed by atoms with Crippen LogP contribution < -0.4 is 5.53 Å². The van der Waals surface area contributed by atoms with Gasteiger partial charge in [0, 0.05) is 42.3 Å². The molecular formula is C6H19N5. The zero-order chi connectivity index (χ0) is 9.02. The second-order valence-electron chi connectivity index (χ2n) is 2.98. The summed E-state index contributed by atoms with van der Waals surface area (Å²) >= 11 is 0. The molecule has 0 aliphatic rings. The lowest BCUT2D eigenvalue weighted by Gasteiger charge is -2.35. The maximum absolute atomic E-state index is 3.10. The predicted octanol–water partition coefficient (Wildman–Crippen LogP) is -0.777. The van der Waals surface area contributed by atoms with Gasteiger partial charge in [-0.05, 0) is 0 Å². The van der Waals surface area contributed by atoms with Crippen molar-refractivity contribution in [2.24, 2.45) is 0 Å². The van der Waals surface area contributed by atoms with Gasteiger partial charge in [0.05, 0.1) is 0 Å². The Bertz CT molecular complexity index is 93.1. The number of hydrogen-bond donors (Lipinski definition) is 1. The molecule has 11 heavy (non-hydrogen) atoms. The molecule has 0 bridgehead atoms. The fourth-order valence-corrected chi connectivity index (χ4v) is 0.716. The van der Waals surface area contributed by atoms with Gasteiger partial charge in [0.1, 0.15) is 0 Å². The molecule has 0 radical (unpaired) electrons. The molecule has 0 amide bonds. The minimum Gasteiger partial charge on any atom is -0.234 e. The summed E-state index contributed by atoms with van der Waals surface area (Å²) in [6.07, 6.45) is 0. The zero-order valence-electron chi connectivity index (χ0n) is 8.29. The number of hydrogen-bond acceptors (Lipinski definition) is 5. The SMILES string of the molecule is CN(C)NN(N(C)C)N(C)C. The average Bonchev–Trinajstić information content (AvgIpc) is 1.81. The summed E-state index contributed by atoms with van der Waals surface area (Å²) in [5.74, 6) is 0. The standard InChI is InChI=1S/C6H19N5/c1-8(2)7-11(9(3)4)10(5)6/h7H,1-6H3. The first-order chi connectivity index (χ1) is 4.95. The van der Waals surface area contributed by atoms with Crippen molar-refractivity contribution in [1.29, 1.82) is 0 Å². The van der Waals surface area contributed by atoms with Crippen LogP contribution in [0.2, 0.25) is 0 Å². The van der Waals surface area contributed by atoms with Crippen molar-refractivity contribution < 1.29 is 0 Å². The van der Waals surface area contributed by atoms with E-state index in [2.05, 4.69) is 5.53 Å². The highest BCUT2D eigenvalue weighted by Crippen LogP contribution is 1.88. The minimum atomic E-state index is 1.88. The van der Waals surface area contributed by atoms with Gasteiger partial charge in [-0.1, -0.05) is 5.23 Å². The van der Waals surface area contributed by atoms with Crippen molar-refractivity contribution in [2.45, 2.75) is 0 Å². The molecule has 0 unspecified atom stereocenters. The van der Waals surface area contributed by atoms with Crippen LogP contribution in [0.4, 0.5) is 0 Å². The Morgan fingerprint density at radius 1 is 0.727 bits per heavy atom. The van der Waals surface area contributed by atoms with Crippen LogP contribution in [-0.4, -0.2) is 62.5 Å². The maximum Gasteiger partial charge on any atom is 0.00431 e. The summed E-state index contributed by atoms with van der Waals surface area (Å²) in [6, 6.07) is 0. The van der Waals surface area contributed by atoms with Crippen LogP contribution in [-0.2, 0) is 0 Å². The molecule has 0 aromatic rings. The van der Waals surface area contributed by atoms with Gasteiger partial charge in [-0.15, -0.1) is 0 Å². The molecule has 0 spiro atoms. The summed E-state index contributed by atoms with van der Waals surface area (Å²) in [7, 11) is 11.8. The quantitative estimate of drug-likeness (QED) is 0.546. The van der Waals surface area contributed by atoms with Crippen molar-refractivity contribution in [2.75, 3.05) is 42.3 Å². The third-order valence-electron chi connectivity index (χ3n) is 1.05. The van der Waals surface area contributed by atoms with Gasteiger partial charge in [0.15, 0.2) is 0 Å². The lowest BCUT2D eigenvalue weighted by atomic mass is 11.1. The third-order valence-corrected chi connectivity index (χ3v) is 1.05. The van der Waals surface area contributed by atoms with Gasteiger partial charge < -0.3 is 0 Å². The van der Waals surface area contributed by atoms with Gasteiger partial charge >= 0.3 is 0 Å². The van der Waals surface area contributed by atoms with Crippen LogP contribution in [0.1, 0.15) is 0 Å². The van der Waals surface area contributed by atoms with E-state index < -0.39 is 0 Å². The number of rotatable bonds is 4. The van der Waals surface area contributed by atoms with Crippen LogP contribution in [0.3, 0.4) is 0 Å². The Morgan fingerprint density at radius 2 is 1.09 bits per heavy atom. The molecule has 0 aliphatic heterocycles. The highest BCUT2D eigenvalue weighted by atomic mass is 16.0. The molecule has 5 nitrogen and oxygen atoms in total. The van der Waals surface area contributed by atoms with Gasteiger partial charge in [0.2, 0.25) is 0 Å². The molecule has 0 fully saturated rings. The summed E-state index contributed by atoms with van der Waals surface area (Å²) in [5.41, 5.74) is 3.10. The van der Waals surface area contributed by atoms with E-state index in [4.69, 9.17) is 0 Å². The van der Waals surface area contributed by atoms with Crippen LogP contribution in [0.5, 0.6) is 0 Å². The van der Waals surface area contributed by atoms with Gasteiger partial charge in [-0.3, -0.25) is 0 Å². The monoisotopic (exact) mass is 161 g/mol. The molecular weight excluding hydrogens is 142 g/mol. The Balaban J connectivity index is 3.90. The Hall–Kier alpha value is -0.200. The van der Waals surface area contributed by atoms with Crippen molar-refractivity contribution in [3.63, 3.8) is 0 Å². The molecule has 68 valence electrons. The van der Waals surface area contributed by atoms with Crippen molar-refractivity contribution in [3.8, 4) is 0 Å². The molecule has 0 aliphatic carbocycles. The van der Waals surface area contributed by atoms with E-state index in [1.165, 1.54) is 0 Å². The van der Waals surface area contributed by atoms with E-state index in [0.29, 0.717) is 0 Å². The van der Waals surface area contributed by atoms with E-state index >= 15 is 0 Å². The molecule has 0 aromatic heterocycles. The highest BCUT2D eigenvalue weighted by molar-refractivity contribution is 4.31. The molecule has 0 aromatic carbocycles. The molecule has 0 saturated carbocycles. The van der Waals surface area contributed by atoms with Gasteiger partial charge in [-0.2, -0.15) is 5.53 Å². The smallest absolute Gasteiger partial charge is 0.00431 e. The number of nitrogens with zero attached hydrogens (tertiary/aromatic N) is 4. The van der Waals surface area contributed by atoms with Crippen LogP contribution in [0.25, 0.3) is 0 Å². The van der Waals surface area contributed by atoms with Gasteiger partial charge in [0.25, 0.3) is 0 Å². The van der Waals surface area contributed by atoms with E-state index in [1.54, 1.807) is 0 Å². The molecule has 0 rings (SSSR count). The van der Waals surface area contributed by atoms with E-state index in [1.807, 2.05) is 62.5 Å². The first kappa shape index (κ1) is 10.8. The predicted molar refractivity (Wildman–Crippen MR) is 46.0 cm³/mol. The second-order valence-corrected chi connectivity index (χ2v) is 2.98. The fraction of sp³-hybridized carbons (Fsp3) is 1.00. The maximum atomic E-state index is 3.10. The Morgan fingerprint density at radius 3 is 1.18 bits per heavy atom. The van der Waals surface area contributed by atoms with Gasteiger partial charge in [-0.25, -0.2) is 15.0 Å². The van der Waals surface area contributed by atoms with Crippen LogP contribution >= 0.6 is 0 Å². The van der Waals surface area contributed by atoms with Crippen molar-refractivity contribution >= 4 is 0 Å². The lowest BCUT2D eigenvalue weighted by Crippen LogP contribution is -2.58. The largest absolute Gasteiger partial charge is 0.234 e. The summed E-state index contributed by atoms with van der Waals surface area (Å²) in [6.45, 7) is 0. The number of hydrazine groups is 4. The third kappa shape index (κ3) is 4.28. The molecule has 0 saturated heterocycles. The molecule has 5 heteroatoms. The van der Waals surface area contributed by atoms with E-state index in [-0.39, 0.29) is 0 Å². The molecule has 0 atom stereocenters. The summed E-state index contributed by atoms with van der Waals surface area (Å²) in [4.78, 5) is 0. The zero-order valence-corrected chi connectivity index (χ0v) is 8.29. The average molecular weight is 161 g/mol. The normalized spacial score (nSPS) is 12.5. The number of nitrogens with one attached hydrogen (secondary N) is 1. The Kier molecular flexibility index (Phi) is 4.55. The molecule has 1 N–H and O–H groups in total. The highest BCUT2D eigenvalue weighted by Gasteiger charge is 2.08. The molecule has 0 heterocycles. The van der Waals surface area contributed by atoms with E-state index in [9.17, 15) is 0 Å². The van der Waals surface area contributed by atoms with Crippen LogP contribution in [0.15, 0.2) is 0 Å². The first-order valence-corrected chi connectivity index (χ1v) is 3.53. The summed E-state index contributed by atoms with van der Waals surface area (Å²) in [5, 5.41) is 7.64. The fourth-order valence-electron chi connectivity index (χ4n) is 0.716. The van der Waals surface area contributed by atoms with Crippen LogP contribution in [0, 0.1) is 0 Å². The van der Waals surface area contributed by atoms with Crippen molar-refractivity contribution in [3.05, 3.63) is 0 Å². The lowest BCUT2D eigenvalue weighted by molar-refractivity contribution is -0.213. The summed E-state index contributed by atoms with van der Waals surface area (Å²) < 4.78 is 0. The van der Waals surface area contributed by atoms with E-state index in [0.717, 1.165) is 0 Å². The Labute approximate surface area is 69.0 Å². The van der Waals surface area contributed by atoms with Crippen molar-refractivity contribution in [1.82, 2.24) is 25.8 Å². The topological polar surface area (TPSA) is 25.0 Å².